The maximum atomic E-state index is 11.6. The molecule has 0 spiro atoms. The fourth-order valence-electron chi connectivity index (χ4n) is 1.23. The Morgan fingerprint density at radius 3 is 2.71 bits per heavy atom. The largest absolute Gasteiger partial charge is 0.319 e. The number of hydrogen-bond acceptors (Lipinski definition) is 2. The molecule has 1 unspecified atom stereocenters. The standard InChI is InChI=1S/C11H17NOS/c1-10-5-3-4-6-11(10)9-14(13)8-7-12-2/h3-6,12H,7-9H2,1-2H3. The molecule has 0 aliphatic rings. The van der Waals surface area contributed by atoms with E-state index in [1.807, 2.05) is 25.2 Å². The maximum absolute atomic E-state index is 11.6. The molecule has 0 aliphatic carbocycles. The van der Waals surface area contributed by atoms with Crippen LogP contribution in [-0.2, 0) is 16.6 Å². The zero-order valence-corrected chi connectivity index (χ0v) is 9.56. The van der Waals surface area contributed by atoms with Crippen LogP contribution in [0.2, 0.25) is 0 Å². The van der Waals surface area contributed by atoms with E-state index in [2.05, 4.69) is 18.3 Å². The van der Waals surface area contributed by atoms with Gasteiger partial charge in [0.15, 0.2) is 0 Å². The van der Waals surface area contributed by atoms with Crippen molar-refractivity contribution in [2.75, 3.05) is 19.3 Å². The molecule has 0 aromatic heterocycles. The Labute approximate surface area is 88.2 Å². The molecule has 0 saturated heterocycles. The summed E-state index contributed by atoms with van der Waals surface area (Å²) in [6, 6.07) is 8.12. The van der Waals surface area contributed by atoms with Crippen molar-refractivity contribution in [3.05, 3.63) is 35.4 Å². The molecule has 1 aromatic rings. The second-order valence-corrected chi connectivity index (χ2v) is 4.89. The lowest BCUT2D eigenvalue weighted by Gasteiger charge is -2.05. The summed E-state index contributed by atoms with van der Waals surface area (Å²) < 4.78 is 11.6. The molecule has 0 amide bonds. The van der Waals surface area contributed by atoms with E-state index in [0.29, 0.717) is 5.75 Å². The Morgan fingerprint density at radius 2 is 2.07 bits per heavy atom. The van der Waals surface area contributed by atoms with E-state index < -0.39 is 10.8 Å². The van der Waals surface area contributed by atoms with Gasteiger partial charge in [-0.1, -0.05) is 24.3 Å². The highest BCUT2D eigenvalue weighted by molar-refractivity contribution is 7.84. The first-order valence-electron chi connectivity index (χ1n) is 4.78. The summed E-state index contributed by atoms with van der Waals surface area (Å²) in [6.45, 7) is 2.88. The molecule has 78 valence electrons. The Bertz CT molecular complexity index is 312. The number of hydrogen-bond donors (Lipinski definition) is 1. The minimum absolute atomic E-state index is 0.675. The smallest absolute Gasteiger partial charge is 0.0488 e. The summed E-state index contributed by atoms with van der Waals surface area (Å²) >= 11 is 0. The van der Waals surface area contributed by atoms with Gasteiger partial charge in [-0.15, -0.1) is 0 Å². The predicted octanol–water partition coefficient (Wildman–Crippen LogP) is 1.46. The van der Waals surface area contributed by atoms with Crippen LogP contribution < -0.4 is 5.32 Å². The molecule has 1 aromatic carbocycles. The third-order valence-corrected chi connectivity index (χ3v) is 3.45. The normalized spacial score (nSPS) is 12.7. The molecule has 0 aliphatic heterocycles. The van der Waals surface area contributed by atoms with E-state index in [9.17, 15) is 4.21 Å². The Balaban J connectivity index is 2.52. The second kappa shape index (κ2) is 5.94. The summed E-state index contributed by atoms with van der Waals surface area (Å²) in [4.78, 5) is 0. The zero-order valence-electron chi connectivity index (χ0n) is 8.75. The summed E-state index contributed by atoms with van der Waals surface area (Å²) in [6.07, 6.45) is 0. The molecule has 0 saturated carbocycles. The first-order valence-corrected chi connectivity index (χ1v) is 6.27. The summed E-state index contributed by atoms with van der Waals surface area (Å²) in [7, 11) is 1.14. The molecule has 1 rings (SSSR count). The van der Waals surface area contributed by atoms with Gasteiger partial charge < -0.3 is 5.32 Å². The van der Waals surface area contributed by atoms with Crippen LogP contribution in [0.25, 0.3) is 0 Å². The number of nitrogens with one attached hydrogen (secondary N) is 1. The van der Waals surface area contributed by atoms with Crippen LogP contribution >= 0.6 is 0 Å². The van der Waals surface area contributed by atoms with E-state index in [-0.39, 0.29) is 0 Å². The van der Waals surface area contributed by atoms with Crippen molar-refractivity contribution in [2.45, 2.75) is 12.7 Å². The van der Waals surface area contributed by atoms with Gasteiger partial charge >= 0.3 is 0 Å². The van der Waals surface area contributed by atoms with Crippen molar-refractivity contribution in [1.29, 1.82) is 0 Å². The lowest BCUT2D eigenvalue weighted by Crippen LogP contribution is -2.16. The van der Waals surface area contributed by atoms with Crippen LogP contribution in [0.1, 0.15) is 11.1 Å². The van der Waals surface area contributed by atoms with E-state index in [1.165, 1.54) is 11.1 Å². The van der Waals surface area contributed by atoms with Gasteiger partial charge in [0.1, 0.15) is 0 Å². The highest BCUT2D eigenvalue weighted by Gasteiger charge is 2.02. The molecule has 1 N–H and O–H groups in total. The third kappa shape index (κ3) is 3.60. The van der Waals surface area contributed by atoms with Crippen molar-refractivity contribution in [3.63, 3.8) is 0 Å². The summed E-state index contributed by atoms with van der Waals surface area (Å²) in [5.41, 5.74) is 2.42. The van der Waals surface area contributed by atoms with Crippen molar-refractivity contribution in [2.24, 2.45) is 0 Å². The lowest BCUT2D eigenvalue weighted by molar-refractivity contribution is 0.679. The molecule has 0 bridgehead atoms. The van der Waals surface area contributed by atoms with Gasteiger partial charge in [0.2, 0.25) is 0 Å². The average molecular weight is 211 g/mol. The van der Waals surface area contributed by atoms with Gasteiger partial charge in [0, 0.05) is 28.9 Å². The van der Waals surface area contributed by atoms with E-state index >= 15 is 0 Å². The van der Waals surface area contributed by atoms with Crippen LogP contribution in [0, 0.1) is 6.92 Å². The van der Waals surface area contributed by atoms with E-state index in [0.717, 1.165) is 12.3 Å². The number of benzene rings is 1. The van der Waals surface area contributed by atoms with Gasteiger partial charge in [-0.25, -0.2) is 0 Å². The molecular weight excluding hydrogens is 194 g/mol. The minimum Gasteiger partial charge on any atom is -0.319 e. The fraction of sp³-hybridized carbons (Fsp3) is 0.455. The van der Waals surface area contributed by atoms with Crippen LogP contribution in [0.4, 0.5) is 0 Å². The van der Waals surface area contributed by atoms with Crippen LogP contribution in [-0.4, -0.2) is 23.6 Å². The summed E-state index contributed by atoms with van der Waals surface area (Å²) in [5.74, 6) is 1.40. The lowest BCUT2D eigenvalue weighted by atomic mass is 10.1. The molecule has 2 nitrogen and oxygen atoms in total. The molecule has 0 fully saturated rings. The van der Waals surface area contributed by atoms with Crippen molar-refractivity contribution in [3.8, 4) is 0 Å². The molecular formula is C11H17NOS. The first kappa shape index (κ1) is 11.4. The average Bonchev–Trinajstić information content (AvgIpc) is 2.18. The quantitative estimate of drug-likeness (QED) is 0.799. The molecule has 14 heavy (non-hydrogen) atoms. The number of rotatable bonds is 5. The Morgan fingerprint density at radius 1 is 1.36 bits per heavy atom. The highest BCUT2D eigenvalue weighted by atomic mass is 32.2. The van der Waals surface area contributed by atoms with Gasteiger partial charge in [-0.3, -0.25) is 4.21 Å². The fourth-order valence-corrected chi connectivity index (χ4v) is 2.48. The molecule has 0 heterocycles. The molecule has 0 radical (unpaired) electrons. The van der Waals surface area contributed by atoms with Crippen LogP contribution in [0.15, 0.2) is 24.3 Å². The van der Waals surface area contributed by atoms with E-state index in [1.54, 1.807) is 0 Å². The predicted molar refractivity (Wildman–Crippen MR) is 61.8 cm³/mol. The third-order valence-electron chi connectivity index (χ3n) is 2.16. The van der Waals surface area contributed by atoms with Crippen molar-refractivity contribution < 1.29 is 4.21 Å². The van der Waals surface area contributed by atoms with Gasteiger partial charge in [0.05, 0.1) is 0 Å². The first-order chi connectivity index (χ1) is 6.74. The van der Waals surface area contributed by atoms with E-state index in [4.69, 9.17) is 0 Å². The van der Waals surface area contributed by atoms with Gasteiger partial charge in [0.25, 0.3) is 0 Å². The Hall–Kier alpha value is -0.670. The van der Waals surface area contributed by atoms with Crippen LogP contribution in [0.3, 0.4) is 0 Å². The van der Waals surface area contributed by atoms with Crippen LogP contribution in [0.5, 0.6) is 0 Å². The van der Waals surface area contributed by atoms with Crippen molar-refractivity contribution >= 4 is 10.8 Å². The zero-order chi connectivity index (χ0) is 10.4. The Kier molecular flexibility index (Phi) is 4.84. The maximum Gasteiger partial charge on any atom is 0.0488 e. The monoisotopic (exact) mass is 211 g/mol. The van der Waals surface area contributed by atoms with Gasteiger partial charge in [-0.05, 0) is 25.1 Å². The second-order valence-electron chi connectivity index (χ2n) is 3.32. The van der Waals surface area contributed by atoms with Gasteiger partial charge in [-0.2, -0.15) is 0 Å². The minimum atomic E-state index is -0.744. The summed E-state index contributed by atoms with van der Waals surface area (Å²) in [5, 5.41) is 3.01. The number of aryl methyl sites for hydroxylation is 1. The SMILES string of the molecule is CNCCS(=O)Cc1ccccc1C. The molecule has 1 atom stereocenters. The highest BCUT2D eigenvalue weighted by Crippen LogP contribution is 2.09. The van der Waals surface area contributed by atoms with Crippen molar-refractivity contribution in [1.82, 2.24) is 5.32 Å². The topological polar surface area (TPSA) is 29.1 Å². The molecule has 3 heteroatoms.